The molecular formula is C9H8I2NO2. The molecule has 0 unspecified atom stereocenters. The van der Waals surface area contributed by atoms with Gasteiger partial charge in [0.25, 0.3) is 0 Å². The fourth-order valence-electron chi connectivity index (χ4n) is 1.01. The quantitative estimate of drug-likeness (QED) is 0.606. The summed E-state index contributed by atoms with van der Waals surface area (Å²) in [6.45, 7) is 0. The van der Waals surface area contributed by atoms with E-state index >= 15 is 0 Å². The van der Waals surface area contributed by atoms with Gasteiger partial charge >= 0.3 is 0 Å². The van der Waals surface area contributed by atoms with Gasteiger partial charge < -0.3 is 5.11 Å². The first-order chi connectivity index (χ1) is 6.63. The van der Waals surface area contributed by atoms with E-state index in [0.29, 0.717) is 6.42 Å². The molecule has 1 aromatic carbocycles. The third-order valence-corrected chi connectivity index (χ3v) is 3.08. The van der Waals surface area contributed by atoms with Crippen molar-refractivity contribution in [2.75, 3.05) is 0 Å². The van der Waals surface area contributed by atoms with Crippen LogP contribution in [0.5, 0.6) is 5.75 Å². The highest BCUT2D eigenvalue weighted by Gasteiger charge is 2.14. The van der Waals surface area contributed by atoms with E-state index in [9.17, 15) is 4.79 Å². The van der Waals surface area contributed by atoms with E-state index in [4.69, 9.17) is 5.11 Å². The van der Waals surface area contributed by atoms with Crippen molar-refractivity contribution in [1.82, 2.24) is 1.33 Å². The first kappa shape index (κ1) is 12.2. The Bertz CT molecular complexity index is 300. The maximum atomic E-state index is 10.6. The smallest absolute Gasteiger partial charge is 0.219 e. The van der Waals surface area contributed by atoms with Gasteiger partial charge in [-0.15, -0.1) is 0 Å². The first-order valence-corrected chi connectivity index (χ1v) is 5.83. The van der Waals surface area contributed by atoms with Crippen LogP contribution in [0.3, 0.4) is 0 Å². The van der Waals surface area contributed by atoms with Crippen LogP contribution in [0, 0.1) is 0 Å². The summed E-state index contributed by atoms with van der Waals surface area (Å²) in [4.78, 5) is 10.6. The molecule has 0 heterocycles. The molecule has 1 rings (SSSR count). The van der Waals surface area contributed by atoms with Gasteiger partial charge in [0.2, 0.25) is 6.29 Å². The van der Waals surface area contributed by atoms with Crippen LogP contribution >= 0.6 is 45.7 Å². The maximum absolute atomic E-state index is 10.6. The Morgan fingerprint density at radius 2 is 1.93 bits per heavy atom. The molecule has 0 aliphatic rings. The van der Waals surface area contributed by atoms with E-state index in [1.54, 1.807) is 25.6 Å². The number of rotatable bonds is 4. The van der Waals surface area contributed by atoms with Crippen molar-refractivity contribution in [3.05, 3.63) is 29.8 Å². The number of hydrogen-bond donors (Lipinski definition) is 1. The van der Waals surface area contributed by atoms with Crippen molar-refractivity contribution < 1.29 is 9.90 Å². The van der Waals surface area contributed by atoms with Crippen LogP contribution in [0.1, 0.15) is 5.56 Å². The normalized spacial score (nSPS) is 12.8. The monoisotopic (exact) mass is 416 g/mol. The lowest BCUT2D eigenvalue weighted by atomic mass is 10.1. The molecule has 0 bridgehead atoms. The van der Waals surface area contributed by atoms with Crippen LogP contribution in [0.2, 0.25) is 0 Å². The molecule has 14 heavy (non-hydrogen) atoms. The molecule has 0 saturated carbocycles. The lowest BCUT2D eigenvalue weighted by molar-refractivity contribution is 0.475. The largest absolute Gasteiger partial charge is 0.508 e. The van der Waals surface area contributed by atoms with Gasteiger partial charge in [0.15, 0.2) is 0 Å². The molecule has 0 aliphatic carbocycles. The van der Waals surface area contributed by atoms with Crippen LogP contribution in [0.25, 0.3) is 0 Å². The van der Waals surface area contributed by atoms with Crippen molar-refractivity contribution in [2.45, 2.75) is 12.5 Å². The average molecular weight is 416 g/mol. The van der Waals surface area contributed by atoms with Gasteiger partial charge in [0, 0.05) is 45.7 Å². The number of nitrogens with zero attached hydrogens (tertiary/aromatic N) is 1. The van der Waals surface area contributed by atoms with Gasteiger partial charge in [-0.3, -0.25) is 4.79 Å². The fraction of sp³-hybridized carbons (Fsp3) is 0.222. The summed E-state index contributed by atoms with van der Waals surface area (Å²) in [5, 5.41) is 9.07. The van der Waals surface area contributed by atoms with Gasteiger partial charge in [0.1, 0.15) is 11.8 Å². The number of carbonyl (C=O) groups excluding carboxylic acids is 1. The van der Waals surface area contributed by atoms with Gasteiger partial charge in [-0.1, -0.05) is 12.1 Å². The minimum Gasteiger partial charge on any atom is -0.508 e. The van der Waals surface area contributed by atoms with E-state index in [1.807, 2.05) is 52.0 Å². The Morgan fingerprint density at radius 1 is 1.36 bits per heavy atom. The molecule has 0 fully saturated rings. The van der Waals surface area contributed by atoms with E-state index in [1.165, 1.54) is 0 Å². The Kier molecular flexibility index (Phi) is 5.10. The Labute approximate surface area is 110 Å². The Balaban J connectivity index is 2.67. The lowest BCUT2D eigenvalue weighted by Crippen LogP contribution is -2.22. The Morgan fingerprint density at radius 3 is 2.36 bits per heavy atom. The van der Waals surface area contributed by atoms with E-state index in [2.05, 4.69) is 0 Å². The molecule has 75 valence electrons. The van der Waals surface area contributed by atoms with Crippen LogP contribution < -0.4 is 0 Å². The zero-order valence-corrected chi connectivity index (χ0v) is 11.5. The van der Waals surface area contributed by atoms with Crippen molar-refractivity contribution in [1.29, 1.82) is 0 Å². The summed E-state index contributed by atoms with van der Waals surface area (Å²) in [6.07, 6.45) is 2.57. The molecule has 1 N–H and O–H groups in total. The number of phenols is 1. The highest BCUT2D eigenvalue weighted by molar-refractivity contribution is 14.2. The van der Waals surface area contributed by atoms with Gasteiger partial charge in [-0.05, 0) is 24.1 Å². The third kappa shape index (κ3) is 3.70. The molecule has 0 amide bonds. The van der Waals surface area contributed by atoms with Crippen molar-refractivity contribution in [3.63, 3.8) is 0 Å². The topological polar surface area (TPSA) is 40.5 Å². The van der Waals surface area contributed by atoms with E-state index < -0.39 is 0 Å². The summed E-state index contributed by atoms with van der Waals surface area (Å²) in [5.41, 5.74) is 1.01. The summed E-state index contributed by atoms with van der Waals surface area (Å²) in [5.74, 6) is 0.237. The zero-order chi connectivity index (χ0) is 10.6. The maximum Gasteiger partial charge on any atom is 0.219 e. The molecule has 5 heteroatoms. The standard InChI is InChI=1S/C9H8I2NO2/c10-12(11)8(6-13)5-7-1-3-9(14)4-2-7/h1-4,8,14H,5H2/t8-/m1/s1. The summed E-state index contributed by atoms with van der Waals surface area (Å²) >= 11 is 4.09. The van der Waals surface area contributed by atoms with Crippen molar-refractivity contribution in [2.24, 2.45) is 0 Å². The lowest BCUT2D eigenvalue weighted by Gasteiger charge is -2.13. The van der Waals surface area contributed by atoms with Gasteiger partial charge in [-0.25, -0.2) is 0 Å². The first-order valence-electron chi connectivity index (χ1n) is 3.90. The average Bonchev–Trinajstić information content (AvgIpc) is 2.16. The van der Waals surface area contributed by atoms with Crippen LogP contribution in [-0.2, 0) is 11.2 Å². The predicted molar refractivity (Wildman–Crippen MR) is 71.2 cm³/mol. The second-order valence-electron chi connectivity index (χ2n) is 2.76. The highest BCUT2D eigenvalue weighted by Crippen LogP contribution is 2.17. The highest BCUT2D eigenvalue weighted by atomic mass is 127. The van der Waals surface area contributed by atoms with Gasteiger partial charge in [0.05, 0.1) is 0 Å². The molecular weight excluding hydrogens is 408 g/mol. The molecule has 0 aliphatic heterocycles. The number of aromatic hydroxyl groups is 1. The minimum absolute atomic E-state index is 0.237. The summed E-state index contributed by atoms with van der Waals surface area (Å²) in [6, 6.07) is 6.58. The SMILES string of the molecule is O=[C][C@@H](Cc1ccc(O)cc1)N(I)I. The molecule has 0 saturated heterocycles. The van der Waals surface area contributed by atoms with E-state index in [0.717, 1.165) is 5.56 Å². The number of phenolic OH excluding ortho intramolecular Hbond substituents is 1. The molecule has 1 aromatic rings. The predicted octanol–water partition coefficient (Wildman–Crippen LogP) is 2.42. The number of hydrogen-bond acceptors (Lipinski definition) is 3. The van der Waals surface area contributed by atoms with Gasteiger partial charge in [-0.2, -0.15) is 1.33 Å². The van der Waals surface area contributed by atoms with E-state index in [-0.39, 0.29) is 11.8 Å². The van der Waals surface area contributed by atoms with Crippen LogP contribution in [-0.4, -0.2) is 18.8 Å². The van der Waals surface area contributed by atoms with Crippen LogP contribution in [0.15, 0.2) is 24.3 Å². The number of halogens is 2. The second kappa shape index (κ2) is 5.86. The summed E-state index contributed by atoms with van der Waals surface area (Å²) in [7, 11) is 0. The number of benzene rings is 1. The molecule has 0 spiro atoms. The van der Waals surface area contributed by atoms with Crippen LogP contribution in [0.4, 0.5) is 0 Å². The Hall–Kier alpha value is 0.110. The minimum atomic E-state index is -0.249. The molecule has 3 nitrogen and oxygen atoms in total. The second-order valence-corrected chi connectivity index (χ2v) is 6.69. The molecule has 1 radical (unpaired) electrons. The molecule has 0 aromatic heterocycles. The zero-order valence-electron chi connectivity index (χ0n) is 7.15. The third-order valence-electron chi connectivity index (χ3n) is 1.74. The van der Waals surface area contributed by atoms with Crippen molar-refractivity contribution >= 4 is 52.0 Å². The van der Waals surface area contributed by atoms with Crippen molar-refractivity contribution in [3.8, 4) is 5.75 Å². The molecule has 1 atom stereocenters. The fourth-order valence-corrected chi connectivity index (χ4v) is 1.63. The summed E-state index contributed by atoms with van der Waals surface area (Å²) < 4.78 is 1.76.